The standard InChI is InChI=1S/C19H19N3O3/c1-13-6-5-8-15(12-13)17-21-19(25-22-17)18(23)20-11-10-14-7-3-4-9-16(14)24-2/h3-9,12H,10-11H2,1-2H3,(H,20,23). The van der Waals surface area contributed by atoms with Gasteiger partial charge >= 0.3 is 11.8 Å². The second-order valence-electron chi connectivity index (χ2n) is 5.61. The number of carbonyl (C=O) groups excluding carboxylic acids is 1. The lowest BCUT2D eigenvalue weighted by Gasteiger charge is -2.08. The summed E-state index contributed by atoms with van der Waals surface area (Å²) in [6.07, 6.45) is 0.647. The third-order valence-electron chi connectivity index (χ3n) is 3.77. The molecule has 6 nitrogen and oxygen atoms in total. The van der Waals surface area contributed by atoms with Crippen molar-refractivity contribution in [2.75, 3.05) is 13.7 Å². The van der Waals surface area contributed by atoms with E-state index in [0.717, 1.165) is 22.4 Å². The van der Waals surface area contributed by atoms with Crippen LogP contribution in [-0.4, -0.2) is 29.7 Å². The van der Waals surface area contributed by atoms with Gasteiger partial charge in [-0.15, -0.1) is 0 Å². The molecule has 0 aliphatic heterocycles. The van der Waals surface area contributed by atoms with Gasteiger partial charge in [-0.3, -0.25) is 4.79 Å². The van der Waals surface area contributed by atoms with Gasteiger partial charge in [-0.1, -0.05) is 47.1 Å². The second kappa shape index (κ2) is 7.61. The Morgan fingerprint density at radius 1 is 1.20 bits per heavy atom. The SMILES string of the molecule is COc1ccccc1CCNC(=O)c1nc(-c2cccc(C)c2)no1. The van der Waals surface area contributed by atoms with Crippen molar-refractivity contribution >= 4 is 5.91 Å². The molecule has 0 unspecified atom stereocenters. The maximum Gasteiger partial charge on any atom is 0.316 e. The highest BCUT2D eigenvalue weighted by atomic mass is 16.5. The largest absolute Gasteiger partial charge is 0.496 e. The van der Waals surface area contributed by atoms with Gasteiger partial charge in [0, 0.05) is 12.1 Å². The van der Waals surface area contributed by atoms with Crippen molar-refractivity contribution in [2.24, 2.45) is 0 Å². The zero-order chi connectivity index (χ0) is 17.6. The highest BCUT2D eigenvalue weighted by molar-refractivity contribution is 5.89. The molecule has 0 bridgehead atoms. The van der Waals surface area contributed by atoms with Crippen LogP contribution in [0.3, 0.4) is 0 Å². The number of aryl methyl sites for hydroxylation is 1. The summed E-state index contributed by atoms with van der Waals surface area (Å²) >= 11 is 0. The summed E-state index contributed by atoms with van der Waals surface area (Å²) < 4.78 is 10.4. The summed E-state index contributed by atoms with van der Waals surface area (Å²) in [4.78, 5) is 16.3. The quantitative estimate of drug-likeness (QED) is 0.748. The van der Waals surface area contributed by atoms with E-state index in [9.17, 15) is 4.79 Å². The molecule has 1 aromatic heterocycles. The van der Waals surface area contributed by atoms with Crippen LogP contribution >= 0.6 is 0 Å². The van der Waals surface area contributed by atoms with E-state index in [4.69, 9.17) is 9.26 Å². The van der Waals surface area contributed by atoms with Gasteiger partial charge in [-0.05, 0) is 31.0 Å². The highest BCUT2D eigenvalue weighted by Crippen LogP contribution is 2.18. The minimum atomic E-state index is -0.388. The van der Waals surface area contributed by atoms with Gasteiger partial charge in [0.05, 0.1) is 7.11 Å². The number of para-hydroxylation sites is 1. The molecule has 0 radical (unpaired) electrons. The Kier molecular flexibility index (Phi) is 5.09. The molecule has 0 spiro atoms. The van der Waals surface area contributed by atoms with E-state index in [1.54, 1.807) is 7.11 Å². The van der Waals surface area contributed by atoms with E-state index >= 15 is 0 Å². The molecule has 3 aromatic rings. The average Bonchev–Trinajstić information content (AvgIpc) is 3.12. The van der Waals surface area contributed by atoms with Gasteiger partial charge in [0.2, 0.25) is 5.82 Å². The van der Waals surface area contributed by atoms with Crippen molar-refractivity contribution in [1.29, 1.82) is 0 Å². The molecule has 0 saturated carbocycles. The summed E-state index contributed by atoms with van der Waals surface area (Å²) in [6, 6.07) is 15.4. The summed E-state index contributed by atoms with van der Waals surface area (Å²) in [5.41, 5.74) is 2.93. The number of nitrogens with one attached hydrogen (secondary N) is 1. The normalized spacial score (nSPS) is 10.5. The third-order valence-corrected chi connectivity index (χ3v) is 3.77. The molecule has 0 atom stereocenters. The topological polar surface area (TPSA) is 77.2 Å². The van der Waals surface area contributed by atoms with Crippen LogP contribution < -0.4 is 10.1 Å². The van der Waals surface area contributed by atoms with Crippen LogP contribution in [0.4, 0.5) is 0 Å². The van der Waals surface area contributed by atoms with Gasteiger partial charge in [0.25, 0.3) is 0 Å². The van der Waals surface area contributed by atoms with E-state index < -0.39 is 0 Å². The van der Waals surface area contributed by atoms with Crippen LogP contribution in [0.25, 0.3) is 11.4 Å². The molecule has 0 fully saturated rings. The van der Waals surface area contributed by atoms with Crippen molar-refractivity contribution in [3.8, 4) is 17.1 Å². The van der Waals surface area contributed by atoms with Crippen LogP contribution in [-0.2, 0) is 6.42 Å². The minimum Gasteiger partial charge on any atom is -0.496 e. The number of carbonyl (C=O) groups is 1. The number of ether oxygens (including phenoxy) is 1. The Bertz CT molecular complexity index is 874. The predicted octanol–water partition coefficient (Wildman–Crippen LogP) is 3.03. The van der Waals surface area contributed by atoms with Gasteiger partial charge < -0.3 is 14.6 Å². The first-order chi connectivity index (χ1) is 12.2. The van der Waals surface area contributed by atoms with Crippen molar-refractivity contribution in [3.05, 3.63) is 65.5 Å². The van der Waals surface area contributed by atoms with E-state index in [0.29, 0.717) is 18.8 Å². The molecular weight excluding hydrogens is 318 g/mol. The fourth-order valence-corrected chi connectivity index (χ4v) is 2.51. The lowest BCUT2D eigenvalue weighted by Crippen LogP contribution is -2.26. The molecule has 3 rings (SSSR count). The summed E-state index contributed by atoms with van der Waals surface area (Å²) in [5.74, 6) is 0.771. The van der Waals surface area contributed by atoms with E-state index in [-0.39, 0.29) is 11.8 Å². The summed E-state index contributed by atoms with van der Waals surface area (Å²) in [5, 5.41) is 6.66. The van der Waals surface area contributed by atoms with Gasteiger partial charge in [0.1, 0.15) is 5.75 Å². The lowest BCUT2D eigenvalue weighted by atomic mass is 10.1. The first kappa shape index (κ1) is 16.7. The van der Waals surface area contributed by atoms with Crippen LogP contribution in [0.2, 0.25) is 0 Å². The molecule has 25 heavy (non-hydrogen) atoms. The van der Waals surface area contributed by atoms with Gasteiger partial charge in [0.15, 0.2) is 0 Å². The monoisotopic (exact) mass is 337 g/mol. The Morgan fingerprint density at radius 2 is 2.04 bits per heavy atom. The predicted molar refractivity (Wildman–Crippen MR) is 93.5 cm³/mol. The summed E-state index contributed by atoms with van der Waals surface area (Å²) in [7, 11) is 1.63. The van der Waals surface area contributed by atoms with E-state index in [1.807, 2.05) is 55.5 Å². The molecule has 1 N–H and O–H groups in total. The Morgan fingerprint density at radius 3 is 2.84 bits per heavy atom. The minimum absolute atomic E-state index is 0.0449. The molecule has 6 heteroatoms. The Hall–Kier alpha value is -3.15. The molecule has 0 aliphatic rings. The molecule has 128 valence electrons. The molecule has 1 amide bonds. The molecular formula is C19H19N3O3. The number of hydrogen-bond acceptors (Lipinski definition) is 5. The number of amides is 1. The van der Waals surface area contributed by atoms with Crippen LogP contribution in [0.5, 0.6) is 5.75 Å². The highest BCUT2D eigenvalue weighted by Gasteiger charge is 2.16. The maximum atomic E-state index is 12.2. The number of hydrogen-bond donors (Lipinski definition) is 1. The fourth-order valence-electron chi connectivity index (χ4n) is 2.51. The number of rotatable bonds is 6. The number of benzene rings is 2. The fraction of sp³-hybridized carbons (Fsp3) is 0.211. The van der Waals surface area contributed by atoms with Crippen LogP contribution in [0, 0.1) is 6.92 Å². The van der Waals surface area contributed by atoms with E-state index in [2.05, 4.69) is 15.5 Å². The van der Waals surface area contributed by atoms with Crippen molar-refractivity contribution in [1.82, 2.24) is 15.5 Å². The van der Waals surface area contributed by atoms with Gasteiger partial charge in [-0.2, -0.15) is 4.98 Å². The van der Waals surface area contributed by atoms with E-state index in [1.165, 1.54) is 0 Å². The molecule has 1 heterocycles. The second-order valence-corrected chi connectivity index (χ2v) is 5.61. The lowest BCUT2D eigenvalue weighted by molar-refractivity contribution is 0.0910. The Balaban J connectivity index is 1.61. The van der Waals surface area contributed by atoms with Crippen LogP contribution in [0.1, 0.15) is 21.8 Å². The van der Waals surface area contributed by atoms with Crippen LogP contribution in [0.15, 0.2) is 53.1 Å². The Labute approximate surface area is 145 Å². The molecule has 0 aliphatic carbocycles. The van der Waals surface area contributed by atoms with Gasteiger partial charge in [-0.25, -0.2) is 0 Å². The number of nitrogens with zero attached hydrogens (tertiary/aromatic N) is 2. The first-order valence-corrected chi connectivity index (χ1v) is 7.98. The van der Waals surface area contributed by atoms with Crippen molar-refractivity contribution in [3.63, 3.8) is 0 Å². The first-order valence-electron chi connectivity index (χ1n) is 7.98. The smallest absolute Gasteiger partial charge is 0.316 e. The summed E-state index contributed by atoms with van der Waals surface area (Å²) in [6.45, 7) is 2.43. The zero-order valence-electron chi connectivity index (χ0n) is 14.2. The number of methoxy groups -OCH3 is 1. The molecule has 2 aromatic carbocycles. The average molecular weight is 337 g/mol. The van der Waals surface area contributed by atoms with Crippen molar-refractivity contribution in [2.45, 2.75) is 13.3 Å². The third kappa shape index (κ3) is 4.03. The molecule has 0 saturated heterocycles. The zero-order valence-corrected chi connectivity index (χ0v) is 14.2. The van der Waals surface area contributed by atoms with Crippen molar-refractivity contribution < 1.29 is 14.1 Å². The number of aromatic nitrogens is 2. The maximum absolute atomic E-state index is 12.2.